The molecule has 1 heterocycles. The van der Waals surface area contributed by atoms with E-state index < -0.39 is 0 Å². The highest BCUT2D eigenvalue weighted by Gasteiger charge is 2.22. The van der Waals surface area contributed by atoms with Crippen molar-refractivity contribution < 1.29 is 9.57 Å². The van der Waals surface area contributed by atoms with Gasteiger partial charge in [0.25, 0.3) is 0 Å². The molecule has 1 fully saturated rings. The molecule has 1 aromatic rings. The largest absolute Gasteiger partial charge is 0.380 e. The molecular formula is C10H13NO2. The second-order valence-electron chi connectivity index (χ2n) is 3.24. The third-order valence-electron chi connectivity index (χ3n) is 2.37. The molecule has 0 aliphatic carbocycles. The van der Waals surface area contributed by atoms with Crippen LogP contribution in [0.15, 0.2) is 24.3 Å². The molecule has 0 amide bonds. The van der Waals surface area contributed by atoms with E-state index in [-0.39, 0.29) is 0 Å². The van der Waals surface area contributed by atoms with Crippen molar-refractivity contribution in [3.63, 3.8) is 0 Å². The molecule has 70 valence electrons. The molecule has 13 heavy (non-hydrogen) atoms. The van der Waals surface area contributed by atoms with E-state index in [0.29, 0.717) is 12.5 Å². The summed E-state index contributed by atoms with van der Waals surface area (Å²) in [5.41, 5.74) is 2.47. The number of benzene rings is 1. The number of hydrogen-bond donors (Lipinski definition) is 1. The van der Waals surface area contributed by atoms with Crippen LogP contribution in [-0.2, 0) is 16.2 Å². The molecule has 3 heteroatoms. The van der Waals surface area contributed by atoms with E-state index >= 15 is 0 Å². The van der Waals surface area contributed by atoms with E-state index in [4.69, 9.17) is 10.6 Å². The Morgan fingerprint density at radius 2 is 2.15 bits per heavy atom. The van der Waals surface area contributed by atoms with Crippen molar-refractivity contribution in [2.24, 2.45) is 5.90 Å². The van der Waals surface area contributed by atoms with Crippen molar-refractivity contribution in [3.8, 4) is 0 Å². The van der Waals surface area contributed by atoms with E-state index in [2.05, 4.69) is 10.9 Å². The molecule has 2 N–H and O–H groups in total. The number of ether oxygens (including phenoxy) is 1. The van der Waals surface area contributed by atoms with Gasteiger partial charge in [-0.15, -0.1) is 0 Å². The SMILES string of the molecule is NOCc1ccccc1C1COC1. The number of rotatable bonds is 3. The Balaban J connectivity index is 2.20. The minimum atomic E-state index is 0.479. The van der Waals surface area contributed by atoms with Crippen molar-refractivity contribution in [2.45, 2.75) is 12.5 Å². The van der Waals surface area contributed by atoms with Crippen molar-refractivity contribution in [2.75, 3.05) is 13.2 Å². The lowest BCUT2D eigenvalue weighted by atomic mass is 9.93. The summed E-state index contributed by atoms with van der Waals surface area (Å²) >= 11 is 0. The van der Waals surface area contributed by atoms with Crippen LogP contribution in [0.3, 0.4) is 0 Å². The fraction of sp³-hybridized carbons (Fsp3) is 0.400. The summed E-state index contributed by atoms with van der Waals surface area (Å²) in [5, 5.41) is 0. The molecule has 0 saturated carbocycles. The molecule has 1 aromatic carbocycles. The van der Waals surface area contributed by atoms with Crippen LogP contribution in [0.25, 0.3) is 0 Å². The summed E-state index contributed by atoms with van der Waals surface area (Å²) in [6.45, 7) is 2.12. The van der Waals surface area contributed by atoms with Crippen molar-refractivity contribution in [3.05, 3.63) is 35.4 Å². The van der Waals surface area contributed by atoms with E-state index in [1.807, 2.05) is 18.2 Å². The van der Waals surface area contributed by atoms with Crippen LogP contribution < -0.4 is 5.90 Å². The second kappa shape index (κ2) is 3.87. The maximum atomic E-state index is 5.15. The molecule has 0 radical (unpaired) electrons. The van der Waals surface area contributed by atoms with Gasteiger partial charge in [-0.3, -0.25) is 4.84 Å². The van der Waals surface area contributed by atoms with Gasteiger partial charge in [-0.1, -0.05) is 24.3 Å². The molecule has 1 saturated heterocycles. The van der Waals surface area contributed by atoms with E-state index in [0.717, 1.165) is 13.2 Å². The molecule has 0 atom stereocenters. The Morgan fingerprint density at radius 3 is 2.77 bits per heavy atom. The number of nitrogens with two attached hydrogens (primary N) is 1. The summed E-state index contributed by atoms with van der Waals surface area (Å²) in [5.74, 6) is 5.59. The maximum Gasteiger partial charge on any atom is 0.0932 e. The predicted octanol–water partition coefficient (Wildman–Crippen LogP) is 1.19. The van der Waals surface area contributed by atoms with Gasteiger partial charge in [0.05, 0.1) is 19.8 Å². The standard InChI is InChI=1S/C10H13NO2/c11-13-7-8-3-1-2-4-10(8)9-5-12-6-9/h1-4,9H,5-7,11H2. The quantitative estimate of drug-likeness (QED) is 0.709. The average Bonchev–Trinajstić information content (AvgIpc) is 2.05. The Hall–Kier alpha value is -0.900. The van der Waals surface area contributed by atoms with E-state index in [1.165, 1.54) is 11.1 Å². The van der Waals surface area contributed by atoms with E-state index in [1.54, 1.807) is 0 Å². The summed E-state index contributed by atoms with van der Waals surface area (Å²) in [6, 6.07) is 8.19. The van der Waals surface area contributed by atoms with Crippen molar-refractivity contribution in [1.82, 2.24) is 0 Å². The third kappa shape index (κ3) is 1.72. The fourth-order valence-electron chi connectivity index (χ4n) is 1.57. The summed E-state index contributed by atoms with van der Waals surface area (Å²) in [4.78, 5) is 4.65. The van der Waals surface area contributed by atoms with Gasteiger partial charge in [0, 0.05) is 5.92 Å². The van der Waals surface area contributed by atoms with Gasteiger partial charge in [0.15, 0.2) is 0 Å². The zero-order valence-electron chi connectivity index (χ0n) is 7.40. The summed E-state index contributed by atoms with van der Waals surface area (Å²) in [7, 11) is 0. The number of hydrogen-bond acceptors (Lipinski definition) is 3. The van der Waals surface area contributed by atoms with Gasteiger partial charge in [0.1, 0.15) is 0 Å². The smallest absolute Gasteiger partial charge is 0.0932 e. The minimum absolute atomic E-state index is 0.479. The zero-order chi connectivity index (χ0) is 9.10. The van der Waals surface area contributed by atoms with Gasteiger partial charge in [-0.05, 0) is 11.1 Å². The molecular weight excluding hydrogens is 166 g/mol. The fourth-order valence-corrected chi connectivity index (χ4v) is 1.57. The lowest BCUT2D eigenvalue weighted by Crippen LogP contribution is -2.26. The van der Waals surface area contributed by atoms with E-state index in [9.17, 15) is 0 Å². The minimum Gasteiger partial charge on any atom is -0.380 e. The van der Waals surface area contributed by atoms with Crippen molar-refractivity contribution >= 4 is 0 Å². The molecule has 2 rings (SSSR count). The first-order chi connectivity index (χ1) is 6.42. The molecule has 1 aliphatic heterocycles. The first-order valence-electron chi connectivity index (χ1n) is 4.39. The Morgan fingerprint density at radius 1 is 1.38 bits per heavy atom. The van der Waals surface area contributed by atoms with Crippen LogP contribution >= 0.6 is 0 Å². The van der Waals surface area contributed by atoms with Gasteiger partial charge in [-0.2, -0.15) is 0 Å². The highest BCUT2D eigenvalue weighted by molar-refractivity contribution is 5.31. The van der Waals surface area contributed by atoms with Crippen molar-refractivity contribution in [1.29, 1.82) is 0 Å². The third-order valence-corrected chi connectivity index (χ3v) is 2.37. The van der Waals surface area contributed by atoms with Crippen LogP contribution in [0, 0.1) is 0 Å². The van der Waals surface area contributed by atoms with Gasteiger partial charge >= 0.3 is 0 Å². The topological polar surface area (TPSA) is 44.5 Å². The zero-order valence-corrected chi connectivity index (χ0v) is 7.40. The first-order valence-corrected chi connectivity index (χ1v) is 4.39. The molecule has 3 nitrogen and oxygen atoms in total. The lowest BCUT2D eigenvalue weighted by Gasteiger charge is -2.28. The van der Waals surface area contributed by atoms with Gasteiger partial charge in [0.2, 0.25) is 0 Å². The van der Waals surface area contributed by atoms with Gasteiger partial charge < -0.3 is 4.74 Å². The van der Waals surface area contributed by atoms with Crippen LogP contribution in [0.1, 0.15) is 17.0 Å². The lowest BCUT2D eigenvalue weighted by molar-refractivity contribution is 0.00716. The molecule has 0 aromatic heterocycles. The van der Waals surface area contributed by atoms with Crippen LogP contribution in [0.2, 0.25) is 0 Å². The maximum absolute atomic E-state index is 5.15. The Labute approximate surface area is 77.4 Å². The van der Waals surface area contributed by atoms with Crippen LogP contribution in [0.4, 0.5) is 0 Å². The molecule has 0 spiro atoms. The van der Waals surface area contributed by atoms with Gasteiger partial charge in [-0.25, -0.2) is 5.90 Å². The Kier molecular flexibility index (Phi) is 2.59. The summed E-state index contributed by atoms with van der Waals surface area (Å²) < 4.78 is 5.15. The normalized spacial score (nSPS) is 17.0. The highest BCUT2D eigenvalue weighted by atomic mass is 16.6. The predicted molar refractivity (Wildman–Crippen MR) is 49.0 cm³/mol. The molecule has 0 unspecified atom stereocenters. The second-order valence-corrected chi connectivity index (χ2v) is 3.24. The monoisotopic (exact) mass is 179 g/mol. The Bertz CT molecular complexity index is 284. The summed E-state index contributed by atoms with van der Waals surface area (Å²) in [6.07, 6.45) is 0. The van der Waals surface area contributed by atoms with Crippen LogP contribution in [-0.4, -0.2) is 13.2 Å². The first kappa shape index (κ1) is 8.69. The van der Waals surface area contributed by atoms with Crippen LogP contribution in [0.5, 0.6) is 0 Å². The average molecular weight is 179 g/mol. The molecule has 1 aliphatic rings. The highest BCUT2D eigenvalue weighted by Crippen LogP contribution is 2.26. The molecule has 0 bridgehead atoms.